The Morgan fingerprint density at radius 2 is 1.87 bits per heavy atom. The van der Waals surface area contributed by atoms with E-state index in [1.807, 2.05) is 39.0 Å². The van der Waals surface area contributed by atoms with Gasteiger partial charge >= 0.3 is 6.09 Å². The van der Waals surface area contributed by atoms with Crippen LogP contribution in [0.25, 0.3) is 10.8 Å². The minimum absolute atomic E-state index is 0.356. The van der Waals surface area contributed by atoms with E-state index in [2.05, 4.69) is 23.5 Å². The van der Waals surface area contributed by atoms with Crippen LogP contribution >= 0.6 is 23.4 Å². The number of alkyl carbamates (subject to hydrolysis) is 1. The second-order valence-electron chi connectivity index (χ2n) is 6.28. The molecular weight excluding hydrogens is 330 g/mol. The molecule has 0 atom stereocenters. The average Bonchev–Trinajstić information content (AvgIpc) is 2.45. The Morgan fingerprint density at radius 3 is 2.61 bits per heavy atom. The van der Waals surface area contributed by atoms with Gasteiger partial charge in [-0.15, -0.1) is 11.8 Å². The standard InChI is InChI=1S/C18H22ClNO2S/c1-18(2,3)22-17(21)20-9-4-10-23-16-8-6-13-11-15(19)7-5-14(13)12-16/h5-8,11-12H,4,9-10H2,1-3H3,(H,20,21). The van der Waals surface area contributed by atoms with Crippen molar-refractivity contribution in [3.05, 3.63) is 41.4 Å². The molecule has 0 fully saturated rings. The fraction of sp³-hybridized carbons (Fsp3) is 0.389. The van der Waals surface area contributed by atoms with Crippen LogP contribution in [0.15, 0.2) is 41.3 Å². The Balaban J connectivity index is 1.74. The Morgan fingerprint density at radius 1 is 1.17 bits per heavy atom. The first-order valence-corrected chi connectivity index (χ1v) is 8.99. The number of ether oxygens (including phenoxy) is 1. The van der Waals surface area contributed by atoms with E-state index < -0.39 is 5.60 Å². The molecule has 0 aliphatic heterocycles. The van der Waals surface area contributed by atoms with Crippen LogP contribution in [0.5, 0.6) is 0 Å². The first-order chi connectivity index (χ1) is 10.8. The average molecular weight is 352 g/mol. The Hall–Kier alpha value is -1.39. The van der Waals surface area contributed by atoms with E-state index in [4.69, 9.17) is 16.3 Å². The molecule has 1 amide bonds. The van der Waals surface area contributed by atoms with Crippen LogP contribution in [0, 0.1) is 0 Å². The van der Waals surface area contributed by atoms with Gasteiger partial charge in [-0.1, -0.05) is 23.7 Å². The van der Waals surface area contributed by atoms with Gasteiger partial charge in [-0.05, 0) is 68.0 Å². The van der Waals surface area contributed by atoms with Gasteiger partial charge in [0.05, 0.1) is 0 Å². The zero-order valence-electron chi connectivity index (χ0n) is 13.7. The van der Waals surface area contributed by atoms with Crippen LogP contribution in [-0.2, 0) is 4.74 Å². The van der Waals surface area contributed by atoms with Crippen molar-refractivity contribution in [3.8, 4) is 0 Å². The van der Waals surface area contributed by atoms with E-state index in [9.17, 15) is 4.79 Å². The third kappa shape index (κ3) is 6.32. The zero-order valence-corrected chi connectivity index (χ0v) is 15.3. The molecule has 0 radical (unpaired) electrons. The molecule has 0 unspecified atom stereocenters. The maximum absolute atomic E-state index is 11.5. The first-order valence-electron chi connectivity index (χ1n) is 7.62. The van der Waals surface area contributed by atoms with Gasteiger partial charge in [-0.2, -0.15) is 0 Å². The molecule has 23 heavy (non-hydrogen) atoms. The highest BCUT2D eigenvalue weighted by Gasteiger charge is 2.15. The van der Waals surface area contributed by atoms with Crippen molar-refractivity contribution in [3.63, 3.8) is 0 Å². The topological polar surface area (TPSA) is 38.3 Å². The summed E-state index contributed by atoms with van der Waals surface area (Å²) >= 11 is 7.77. The van der Waals surface area contributed by atoms with Gasteiger partial charge in [-0.3, -0.25) is 0 Å². The SMILES string of the molecule is CC(C)(C)OC(=O)NCCCSc1ccc2cc(Cl)ccc2c1. The quantitative estimate of drug-likeness (QED) is 0.571. The van der Waals surface area contributed by atoms with Crippen LogP contribution in [0.4, 0.5) is 4.79 Å². The van der Waals surface area contributed by atoms with E-state index in [0.29, 0.717) is 6.54 Å². The smallest absolute Gasteiger partial charge is 0.407 e. The number of carbonyl (C=O) groups is 1. The van der Waals surface area contributed by atoms with Gasteiger partial charge < -0.3 is 10.1 Å². The van der Waals surface area contributed by atoms with Crippen LogP contribution in [-0.4, -0.2) is 24.0 Å². The molecule has 2 rings (SSSR count). The van der Waals surface area contributed by atoms with Crippen molar-refractivity contribution < 1.29 is 9.53 Å². The van der Waals surface area contributed by atoms with E-state index in [1.165, 1.54) is 10.3 Å². The normalized spacial score (nSPS) is 11.5. The number of carbonyl (C=O) groups excluding carboxylic acids is 1. The van der Waals surface area contributed by atoms with Gasteiger partial charge in [0.25, 0.3) is 0 Å². The lowest BCUT2D eigenvalue weighted by molar-refractivity contribution is 0.0528. The fourth-order valence-corrected chi connectivity index (χ4v) is 3.13. The predicted molar refractivity (Wildman–Crippen MR) is 98.5 cm³/mol. The summed E-state index contributed by atoms with van der Waals surface area (Å²) in [5.74, 6) is 0.939. The van der Waals surface area contributed by atoms with Crippen molar-refractivity contribution in [2.75, 3.05) is 12.3 Å². The van der Waals surface area contributed by atoms with Crippen molar-refractivity contribution >= 4 is 40.2 Å². The molecule has 0 bridgehead atoms. The summed E-state index contributed by atoms with van der Waals surface area (Å²) in [5.41, 5.74) is -0.452. The minimum Gasteiger partial charge on any atom is -0.444 e. The van der Waals surface area contributed by atoms with Crippen LogP contribution in [0.2, 0.25) is 5.02 Å². The van der Waals surface area contributed by atoms with Gasteiger partial charge in [0.1, 0.15) is 5.60 Å². The van der Waals surface area contributed by atoms with E-state index in [1.54, 1.807) is 11.8 Å². The fourth-order valence-electron chi connectivity index (χ4n) is 2.05. The summed E-state index contributed by atoms with van der Waals surface area (Å²) in [6.45, 7) is 6.19. The van der Waals surface area contributed by atoms with Crippen LogP contribution < -0.4 is 5.32 Å². The summed E-state index contributed by atoms with van der Waals surface area (Å²) in [5, 5.41) is 5.86. The Bertz CT molecular complexity index is 682. The number of benzene rings is 2. The number of hydrogen-bond donors (Lipinski definition) is 1. The van der Waals surface area contributed by atoms with E-state index >= 15 is 0 Å². The molecule has 0 spiro atoms. The second-order valence-corrected chi connectivity index (χ2v) is 7.89. The monoisotopic (exact) mass is 351 g/mol. The molecule has 3 nitrogen and oxygen atoms in total. The Kier molecular flexibility index (Phi) is 6.19. The summed E-state index contributed by atoms with van der Waals surface area (Å²) in [6.07, 6.45) is 0.535. The molecule has 0 aliphatic carbocycles. The lowest BCUT2D eigenvalue weighted by Crippen LogP contribution is -2.33. The van der Waals surface area contributed by atoms with Crippen LogP contribution in [0.3, 0.4) is 0 Å². The molecular formula is C18H22ClNO2S. The maximum Gasteiger partial charge on any atom is 0.407 e. The number of amides is 1. The zero-order chi connectivity index (χ0) is 16.9. The third-order valence-corrected chi connectivity index (χ3v) is 4.35. The summed E-state index contributed by atoms with van der Waals surface area (Å²) in [7, 11) is 0. The van der Waals surface area contributed by atoms with Gasteiger partial charge in [0, 0.05) is 16.5 Å². The highest BCUT2D eigenvalue weighted by Crippen LogP contribution is 2.26. The summed E-state index contributed by atoms with van der Waals surface area (Å²) in [4.78, 5) is 12.7. The molecule has 1 N–H and O–H groups in total. The van der Waals surface area contributed by atoms with Gasteiger partial charge in [0.2, 0.25) is 0 Å². The van der Waals surface area contributed by atoms with Crippen LogP contribution in [0.1, 0.15) is 27.2 Å². The van der Waals surface area contributed by atoms with Crippen molar-refractivity contribution in [1.29, 1.82) is 0 Å². The highest BCUT2D eigenvalue weighted by atomic mass is 35.5. The molecule has 2 aromatic rings. The van der Waals surface area contributed by atoms with Gasteiger partial charge in [0.15, 0.2) is 0 Å². The molecule has 0 saturated heterocycles. The van der Waals surface area contributed by atoms with E-state index in [0.717, 1.165) is 22.6 Å². The minimum atomic E-state index is -0.452. The summed E-state index contributed by atoms with van der Waals surface area (Å²) in [6, 6.07) is 12.3. The third-order valence-electron chi connectivity index (χ3n) is 3.03. The highest BCUT2D eigenvalue weighted by molar-refractivity contribution is 7.99. The lowest BCUT2D eigenvalue weighted by atomic mass is 10.1. The lowest BCUT2D eigenvalue weighted by Gasteiger charge is -2.19. The first kappa shape index (κ1) is 18.0. The number of nitrogens with one attached hydrogen (secondary N) is 1. The number of halogens is 1. The number of rotatable bonds is 5. The van der Waals surface area contributed by atoms with Crippen molar-refractivity contribution in [1.82, 2.24) is 5.32 Å². The molecule has 0 heterocycles. The molecule has 0 aliphatic rings. The van der Waals surface area contributed by atoms with E-state index in [-0.39, 0.29) is 6.09 Å². The molecule has 124 valence electrons. The maximum atomic E-state index is 11.5. The number of fused-ring (bicyclic) bond motifs is 1. The molecule has 2 aromatic carbocycles. The van der Waals surface area contributed by atoms with Crippen molar-refractivity contribution in [2.45, 2.75) is 37.7 Å². The largest absolute Gasteiger partial charge is 0.444 e. The summed E-state index contributed by atoms with van der Waals surface area (Å²) < 4.78 is 5.19. The van der Waals surface area contributed by atoms with Gasteiger partial charge in [-0.25, -0.2) is 4.79 Å². The second kappa shape index (κ2) is 7.93. The number of thioether (sulfide) groups is 1. The Labute approximate surface area is 146 Å². The molecule has 0 aromatic heterocycles. The predicted octanol–water partition coefficient (Wildman–Crippen LogP) is 5.50. The molecule has 5 heteroatoms. The number of hydrogen-bond acceptors (Lipinski definition) is 3. The molecule has 0 saturated carbocycles. The van der Waals surface area contributed by atoms with Crippen molar-refractivity contribution in [2.24, 2.45) is 0 Å².